The van der Waals surface area contributed by atoms with Crippen LogP contribution in [0.3, 0.4) is 0 Å². The number of hydrogen-bond acceptors (Lipinski definition) is 2. The van der Waals surface area contributed by atoms with E-state index in [0.717, 1.165) is 29.2 Å². The van der Waals surface area contributed by atoms with Crippen molar-refractivity contribution < 1.29 is 0 Å². The molecule has 0 heterocycles. The van der Waals surface area contributed by atoms with Crippen LogP contribution in [0.2, 0.25) is 0 Å². The molecule has 0 saturated heterocycles. The Hall–Kier alpha value is -0.540. The van der Waals surface area contributed by atoms with Gasteiger partial charge in [0.25, 0.3) is 0 Å². The molecule has 0 bridgehead atoms. The van der Waals surface area contributed by atoms with Gasteiger partial charge in [0.2, 0.25) is 0 Å². The zero-order valence-electron chi connectivity index (χ0n) is 9.75. The average Bonchev–Trinajstić information content (AvgIpc) is 3.06. The third-order valence-corrected chi connectivity index (χ3v) is 3.82. The van der Waals surface area contributed by atoms with Gasteiger partial charge in [-0.1, -0.05) is 13.0 Å². The maximum absolute atomic E-state index is 5.78. The first-order valence-corrected chi connectivity index (χ1v) is 6.74. The van der Waals surface area contributed by atoms with E-state index in [0.29, 0.717) is 0 Å². The molecule has 1 fully saturated rings. The van der Waals surface area contributed by atoms with E-state index in [2.05, 4.69) is 39.9 Å². The summed E-state index contributed by atoms with van der Waals surface area (Å²) in [6.45, 7) is 5.64. The standard InChI is InChI=1S/C13H19BrN2/c1-2-16(8-10-3-4-10)9-11-5-6-13(15)12(14)7-11/h5-7,10H,2-4,8-9,15H2,1H3. The van der Waals surface area contributed by atoms with Gasteiger partial charge in [-0.3, -0.25) is 4.90 Å². The van der Waals surface area contributed by atoms with Crippen molar-refractivity contribution in [2.75, 3.05) is 18.8 Å². The fourth-order valence-electron chi connectivity index (χ4n) is 1.90. The number of benzene rings is 1. The summed E-state index contributed by atoms with van der Waals surface area (Å²) in [6, 6.07) is 6.23. The highest BCUT2D eigenvalue weighted by atomic mass is 79.9. The zero-order valence-corrected chi connectivity index (χ0v) is 11.3. The first-order chi connectivity index (χ1) is 7.69. The molecule has 0 atom stereocenters. The summed E-state index contributed by atoms with van der Waals surface area (Å²) < 4.78 is 1.01. The smallest absolute Gasteiger partial charge is 0.0458 e. The summed E-state index contributed by atoms with van der Waals surface area (Å²) in [6.07, 6.45) is 2.84. The second-order valence-electron chi connectivity index (χ2n) is 4.63. The predicted molar refractivity (Wildman–Crippen MR) is 72.2 cm³/mol. The molecule has 1 aliphatic carbocycles. The first kappa shape index (κ1) is 11.9. The quantitative estimate of drug-likeness (QED) is 0.840. The SMILES string of the molecule is CCN(Cc1ccc(N)c(Br)c1)CC1CC1. The minimum atomic E-state index is 0.814. The second kappa shape index (κ2) is 5.19. The van der Waals surface area contributed by atoms with Crippen molar-refractivity contribution in [2.24, 2.45) is 5.92 Å². The van der Waals surface area contributed by atoms with Gasteiger partial charge in [0, 0.05) is 23.2 Å². The molecule has 0 aliphatic heterocycles. The Morgan fingerprint density at radius 2 is 2.19 bits per heavy atom. The molecule has 2 N–H and O–H groups in total. The summed E-state index contributed by atoms with van der Waals surface area (Å²) >= 11 is 3.48. The summed E-state index contributed by atoms with van der Waals surface area (Å²) in [5.41, 5.74) is 7.93. The Bertz CT molecular complexity index is 361. The van der Waals surface area contributed by atoms with Crippen LogP contribution in [0.15, 0.2) is 22.7 Å². The van der Waals surface area contributed by atoms with Gasteiger partial charge >= 0.3 is 0 Å². The Kier molecular flexibility index (Phi) is 3.87. The highest BCUT2D eigenvalue weighted by Crippen LogP contribution is 2.30. The lowest BCUT2D eigenvalue weighted by atomic mass is 10.2. The number of anilines is 1. The van der Waals surface area contributed by atoms with Crippen LogP contribution in [-0.2, 0) is 6.54 Å². The normalized spacial score (nSPS) is 15.7. The Balaban J connectivity index is 1.97. The molecular weight excluding hydrogens is 264 g/mol. The maximum atomic E-state index is 5.78. The number of nitrogens with two attached hydrogens (primary N) is 1. The van der Waals surface area contributed by atoms with Crippen molar-refractivity contribution >= 4 is 21.6 Å². The van der Waals surface area contributed by atoms with Gasteiger partial charge in [-0.05, 0) is 58.9 Å². The van der Waals surface area contributed by atoms with Crippen LogP contribution in [0.25, 0.3) is 0 Å². The topological polar surface area (TPSA) is 29.3 Å². The third-order valence-electron chi connectivity index (χ3n) is 3.13. The third kappa shape index (κ3) is 3.22. The van der Waals surface area contributed by atoms with E-state index in [4.69, 9.17) is 5.73 Å². The molecule has 0 unspecified atom stereocenters. The lowest BCUT2D eigenvalue weighted by molar-refractivity contribution is 0.268. The molecule has 1 aromatic carbocycles. The minimum Gasteiger partial charge on any atom is -0.398 e. The Morgan fingerprint density at radius 1 is 1.44 bits per heavy atom. The van der Waals surface area contributed by atoms with Crippen molar-refractivity contribution in [3.05, 3.63) is 28.2 Å². The molecule has 0 amide bonds. The van der Waals surface area contributed by atoms with Crippen LogP contribution in [0.1, 0.15) is 25.3 Å². The average molecular weight is 283 g/mol. The maximum Gasteiger partial charge on any atom is 0.0458 e. The predicted octanol–water partition coefficient (Wildman–Crippen LogP) is 3.26. The molecule has 1 aromatic rings. The Morgan fingerprint density at radius 3 is 2.75 bits per heavy atom. The van der Waals surface area contributed by atoms with E-state index in [1.165, 1.54) is 24.9 Å². The van der Waals surface area contributed by atoms with Gasteiger partial charge in [-0.2, -0.15) is 0 Å². The van der Waals surface area contributed by atoms with E-state index in [1.807, 2.05) is 6.07 Å². The number of halogens is 1. The van der Waals surface area contributed by atoms with Crippen molar-refractivity contribution in [1.29, 1.82) is 0 Å². The first-order valence-electron chi connectivity index (χ1n) is 5.95. The molecule has 1 saturated carbocycles. The van der Waals surface area contributed by atoms with Gasteiger partial charge < -0.3 is 5.73 Å². The number of nitrogen functional groups attached to an aromatic ring is 1. The van der Waals surface area contributed by atoms with E-state index >= 15 is 0 Å². The van der Waals surface area contributed by atoms with Crippen molar-refractivity contribution in [2.45, 2.75) is 26.3 Å². The van der Waals surface area contributed by atoms with Crippen molar-refractivity contribution in [1.82, 2.24) is 4.90 Å². The lowest BCUT2D eigenvalue weighted by Crippen LogP contribution is -2.25. The molecule has 2 rings (SSSR count). The Labute approximate surface area is 106 Å². The van der Waals surface area contributed by atoms with Crippen LogP contribution >= 0.6 is 15.9 Å². The summed E-state index contributed by atoms with van der Waals surface area (Å²) in [5.74, 6) is 0.956. The molecule has 88 valence electrons. The summed E-state index contributed by atoms with van der Waals surface area (Å²) in [4.78, 5) is 2.51. The molecule has 2 nitrogen and oxygen atoms in total. The van der Waals surface area contributed by atoms with Crippen LogP contribution in [0, 0.1) is 5.92 Å². The van der Waals surface area contributed by atoms with Gasteiger partial charge in [0.05, 0.1) is 0 Å². The van der Waals surface area contributed by atoms with Crippen LogP contribution < -0.4 is 5.73 Å². The summed E-state index contributed by atoms with van der Waals surface area (Å²) in [7, 11) is 0. The molecule has 3 heteroatoms. The monoisotopic (exact) mass is 282 g/mol. The fourth-order valence-corrected chi connectivity index (χ4v) is 2.32. The molecule has 1 aliphatic rings. The fraction of sp³-hybridized carbons (Fsp3) is 0.538. The molecule has 0 radical (unpaired) electrons. The molecule has 0 spiro atoms. The van der Waals surface area contributed by atoms with E-state index < -0.39 is 0 Å². The number of rotatable bonds is 5. The van der Waals surface area contributed by atoms with Crippen LogP contribution in [0.5, 0.6) is 0 Å². The van der Waals surface area contributed by atoms with Gasteiger partial charge in [-0.25, -0.2) is 0 Å². The highest BCUT2D eigenvalue weighted by Gasteiger charge is 2.23. The molecule has 16 heavy (non-hydrogen) atoms. The number of nitrogens with zero attached hydrogens (tertiary/aromatic N) is 1. The van der Waals surface area contributed by atoms with Gasteiger partial charge in [-0.15, -0.1) is 0 Å². The van der Waals surface area contributed by atoms with Crippen molar-refractivity contribution in [3.8, 4) is 0 Å². The lowest BCUT2D eigenvalue weighted by Gasteiger charge is -2.20. The van der Waals surface area contributed by atoms with E-state index in [-0.39, 0.29) is 0 Å². The zero-order chi connectivity index (χ0) is 11.5. The van der Waals surface area contributed by atoms with Gasteiger partial charge in [0.1, 0.15) is 0 Å². The molecular formula is C13H19BrN2. The van der Waals surface area contributed by atoms with Crippen LogP contribution in [-0.4, -0.2) is 18.0 Å². The highest BCUT2D eigenvalue weighted by molar-refractivity contribution is 9.10. The van der Waals surface area contributed by atoms with Gasteiger partial charge in [0.15, 0.2) is 0 Å². The molecule has 0 aromatic heterocycles. The largest absolute Gasteiger partial charge is 0.398 e. The van der Waals surface area contributed by atoms with E-state index in [9.17, 15) is 0 Å². The second-order valence-corrected chi connectivity index (χ2v) is 5.48. The number of hydrogen-bond donors (Lipinski definition) is 1. The van der Waals surface area contributed by atoms with Crippen LogP contribution in [0.4, 0.5) is 5.69 Å². The summed E-state index contributed by atoms with van der Waals surface area (Å²) in [5, 5.41) is 0. The van der Waals surface area contributed by atoms with E-state index in [1.54, 1.807) is 0 Å². The van der Waals surface area contributed by atoms with Crippen molar-refractivity contribution in [3.63, 3.8) is 0 Å². The minimum absolute atomic E-state index is 0.814.